The molecule has 0 bridgehead atoms. The van der Waals surface area contributed by atoms with E-state index in [1.54, 1.807) is 0 Å². The third kappa shape index (κ3) is 10.8. The number of rotatable bonds is 0. The van der Waals surface area contributed by atoms with E-state index in [-0.39, 0.29) is 6.15 Å². The summed E-state index contributed by atoms with van der Waals surface area (Å²) in [6, 6.07) is 0. The fraction of sp³-hybridized carbons (Fsp3) is 0. The van der Waals surface area contributed by atoms with E-state index in [0.717, 1.165) is 0 Å². The Bertz CT molecular complexity index is 27.0. The Morgan fingerprint density at radius 2 is 1.25 bits per heavy atom. The zero-order chi connectivity index (χ0) is 2.71. The van der Waals surface area contributed by atoms with Crippen LogP contribution in [0.5, 0.6) is 0 Å². The summed E-state index contributed by atoms with van der Waals surface area (Å²) < 4.78 is 0. The molecule has 0 aliphatic carbocycles. The van der Waals surface area contributed by atoms with E-state index < -0.39 is 17.3 Å². The van der Waals surface area contributed by atoms with Gasteiger partial charge in [-0.3, -0.25) is 0 Å². The number of hydrogen-bond donors (Lipinski definition) is 1. The molecule has 4 heteroatoms. The quantitative estimate of drug-likeness (QED) is 0.594. The summed E-state index contributed by atoms with van der Waals surface area (Å²) in [6.45, 7) is 0. The van der Waals surface area contributed by atoms with Gasteiger partial charge in [-0.2, -0.15) is 0 Å². The molecular weight excluding hydrogens is 197 g/mol. The summed E-state index contributed by atoms with van der Waals surface area (Å²) in [5.41, 5.74) is 0. The van der Waals surface area contributed by atoms with Crippen LogP contribution in [0.4, 0.5) is 0 Å². The summed E-state index contributed by atoms with van der Waals surface area (Å²) in [5, 5.41) is 0. The van der Waals surface area contributed by atoms with Gasteiger partial charge in [0.1, 0.15) is 0 Å². The molecule has 0 saturated heterocycles. The Labute approximate surface area is 41.9 Å². The van der Waals surface area contributed by atoms with Crippen LogP contribution in [0, 0.1) is 0 Å². The van der Waals surface area contributed by atoms with E-state index in [2.05, 4.69) is 18.6 Å². The first-order valence-corrected chi connectivity index (χ1v) is 8.22. The van der Waals surface area contributed by atoms with E-state index in [0.29, 0.717) is 0 Å². The molecular formula is H3NS2Sn. The molecule has 0 rings (SSSR count). The molecule has 0 aromatic rings. The summed E-state index contributed by atoms with van der Waals surface area (Å²) in [5.74, 6) is 0. The number of hydrogen-bond acceptors (Lipinski definition) is 3. The van der Waals surface area contributed by atoms with Crippen LogP contribution in [0.25, 0.3) is 0 Å². The SMILES string of the molecule is N.[S]=[Sn]=[S]. The second kappa shape index (κ2) is 8.89. The van der Waals surface area contributed by atoms with Gasteiger partial charge in [0.2, 0.25) is 0 Å². The van der Waals surface area contributed by atoms with Crippen LogP contribution in [0.3, 0.4) is 0 Å². The van der Waals surface area contributed by atoms with Crippen molar-refractivity contribution in [3.8, 4) is 0 Å². The molecule has 0 amide bonds. The predicted molar refractivity (Wildman–Crippen MR) is 26.0 cm³/mol. The molecule has 24 valence electrons. The second-order valence-electron chi connectivity index (χ2n) is 0.0833. The molecule has 3 N–H and O–H groups in total. The first kappa shape index (κ1) is 8.96. The molecule has 0 aliphatic heterocycles. The van der Waals surface area contributed by atoms with Crippen molar-refractivity contribution < 1.29 is 0 Å². The van der Waals surface area contributed by atoms with Gasteiger partial charge in [0, 0.05) is 0 Å². The molecule has 0 radical (unpaired) electrons. The van der Waals surface area contributed by atoms with Gasteiger partial charge in [-0.1, -0.05) is 0 Å². The minimum atomic E-state index is -0.603. The summed E-state index contributed by atoms with van der Waals surface area (Å²) in [7, 11) is 8.76. The monoisotopic (exact) mass is 201 g/mol. The van der Waals surface area contributed by atoms with Crippen LogP contribution in [0.15, 0.2) is 0 Å². The Kier molecular flexibility index (Phi) is 19.9. The van der Waals surface area contributed by atoms with Gasteiger partial charge in [-0.25, -0.2) is 0 Å². The van der Waals surface area contributed by atoms with E-state index >= 15 is 0 Å². The summed E-state index contributed by atoms with van der Waals surface area (Å²) >= 11 is -0.603. The summed E-state index contributed by atoms with van der Waals surface area (Å²) in [6.07, 6.45) is 0. The average Bonchev–Trinajstić information content (AvgIpc) is 0.918. The maximum absolute atomic E-state index is 4.38. The van der Waals surface area contributed by atoms with Crippen LogP contribution in [-0.4, -0.2) is 17.3 Å². The second-order valence-corrected chi connectivity index (χ2v) is 5.03. The van der Waals surface area contributed by atoms with Gasteiger partial charge in [0.25, 0.3) is 0 Å². The van der Waals surface area contributed by atoms with E-state index in [1.165, 1.54) is 0 Å². The van der Waals surface area contributed by atoms with Crippen molar-refractivity contribution >= 4 is 35.8 Å². The zero-order valence-corrected chi connectivity index (χ0v) is 6.51. The standard InChI is InChI=1S/H3N.2S.Sn/h1H3;;;. The molecule has 0 aromatic heterocycles. The van der Waals surface area contributed by atoms with E-state index in [9.17, 15) is 0 Å². The van der Waals surface area contributed by atoms with Crippen molar-refractivity contribution in [3.05, 3.63) is 0 Å². The Hall–Kier alpha value is 1.20. The van der Waals surface area contributed by atoms with Crippen LogP contribution < -0.4 is 6.15 Å². The third-order valence-corrected chi connectivity index (χ3v) is 0. The van der Waals surface area contributed by atoms with Gasteiger partial charge >= 0.3 is 35.8 Å². The molecule has 0 atom stereocenters. The Morgan fingerprint density at radius 1 is 1.25 bits per heavy atom. The molecule has 4 heavy (non-hydrogen) atoms. The van der Waals surface area contributed by atoms with E-state index in [1.807, 2.05) is 0 Å². The van der Waals surface area contributed by atoms with Crippen LogP contribution >= 0.6 is 18.6 Å². The molecule has 1 nitrogen and oxygen atoms in total. The fourth-order valence-corrected chi connectivity index (χ4v) is 0. The molecule has 0 aliphatic rings. The van der Waals surface area contributed by atoms with Crippen molar-refractivity contribution in [1.29, 1.82) is 0 Å². The normalized spacial score (nSPS) is 2.00. The first-order valence-electron chi connectivity index (χ1n) is 0.408. The van der Waals surface area contributed by atoms with E-state index in [4.69, 9.17) is 0 Å². The van der Waals surface area contributed by atoms with Gasteiger partial charge < -0.3 is 6.15 Å². The molecule has 0 aromatic carbocycles. The first-order chi connectivity index (χ1) is 1.41. The van der Waals surface area contributed by atoms with Crippen molar-refractivity contribution in [2.45, 2.75) is 0 Å². The molecule has 0 unspecified atom stereocenters. The van der Waals surface area contributed by atoms with Crippen molar-refractivity contribution in [2.75, 3.05) is 0 Å². The fourth-order valence-electron chi connectivity index (χ4n) is 0. The summed E-state index contributed by atoms with van der Waals surface area (Å²) in [4.78, 5) is 0. The van der Waals surface area contributed by atoms with Gasteiger partial charge in [-0.05, 0) is 0 Å². The molecule has 0 heterocycles. The molecule has 0 saturated carbocycles. The predicted octanol–water partition coefficient (Wildman–Crippen LogP) is 1.08. The van der Waals surface area contributed by atoms with Crippen LogP contribution in [0.1, 0.15) is 0 Å². The Morgan fingerprint density at radius 3 is 1.25 bits per heavy atom. The topological polar surface area (TPSA) is 35.0 Å². The molecule has 0 spiro atoms. The van der Waals surface area contributed by atoms with Crippen molar-refractivity contribution in [3.63, 3.8) is 0 Å². The van der Waals surface area contributed by atoms with Crippen LogP contribution in [0.2, 0.25) is 0 Å². The minimum absolute atomic E-state index is 0. The third-order valence-electron chi connectivity index (χ3n) is 0. The Balaban J connectivity index is 0. The van der Waals surface area contributed by atoms with Crippen molar-refractivity contribution in [1.82, 2.24) is 6.15 Å². The zero-order valence-electron chi connectivity index (χ0n) is 2.02. The van der Waals surface area contributed by atoms with Gasteiger partial charge in [0.05, 0.1) is 0 Å². The van der Waals surface area contributed by atoms with Gasteiger partial charge in [0.15, 0.2) is 0 Å². The van der Waals surface area contributed by atoms with Gasteiger partial charge in [-0.15, -0.1) is 0 Å². The molecule has 0 fully saturated rings. The van der Waals surface area contributed by atoms with Crippen molar-refractivity contribution in [2.24, 2.45) is 0 Å². The average molecular weight is 200 g/mol. The maximum atomic E-state index is 4.38. The van der Waals surface area contributed by atoms with Crippen LogP contribution in [-0.2, 0) is 0 Å².